The molecule has 3 heterocycles. The van der Waals surface area contributed by atoms with E-state index in [1.807, 2.05) is 53.6 Å². The lowest BCUT2D eigenvalue weighted by atomic mass is 10.0. The molecule has 4 aromatic rings. The predicted octanol–water partition coefficient (Wildman–Crippen LogP) is 3.91. The summed E-state index contributed by atoms with van der Waals surface area (Å²) in [6.45, 7) is 6.78. The van der Waals surface area contributed by atoms with Crippen molar-refractivity contribution in [2.75, 3.05) is 31.1 Å². The molecule has 1 amide bonds. The summed E-state index contributed by atoms with van der Waals surface area (Å²) in [5.41, 5.74) is 5.59. The molecule has 0 aliphatic carbocycles. The Hall–Kier alpha value is -4.00. The molecule has 166 valence electrons. The number of carbonyl (C=O) groups excluding carboxylic acids is 1. The maximum atomic E-state index is 13.7. The second-order valence-corrected chi connectivity index (χ2v) is 8.30. The first-order valence-electron chi connectivity index (χ1n) is 11.1. The molecule has 0 atom stereocenters. The molecule has 7 nitrogen and oxygen atoms in total. The Labute approximate surface area is 193 Å². The topological polar surface area (TPSA) is 67.2 Å². The average Bonchev–Trinajstić information content (AvgIpc) is 3.32. The first kappa shape index (κ1) is 20.9. The molecule has 1 aliphatic heterocycles. The van der Waals surface area contributed by atoms with Crippen molar-refractivity contribution in [2.45, 2.75) is 13.8 Å². The normalized spacial score (nSPS) is 13.9. The molecule has 2 aromatic heterocycles. The van der Waals surface area contributed by atoms with E-state index in [0.29, 0.717) is 43.4 Å². The maximum Gasteiger partial charge on any atom is 0.257 e. The van der Waals surface area contributed by atoms with Crippen LogP contribution in [0.4, 0.5) is 5.95 Å². The van der Waals surface area contributed by atoms with Crippen molar-refractivity contribution in [3.8, 4) is 16.9 Å². The number of hydrogen-bond donors (Lipinski definition) is 0. The van der Waals surface area contributed by atoms with Gasteiger partial charge in [-0.25, -0.2) is 14.6 Å². The second-order valence-electron chi connectivity index (χ2n) is 8.30. The molecule has 1 fully saturated rings. The van der Waals surface area contributed by atoms with Crippen molar-refractivity contribution in [1.82, 2.24) is 24.6 Å². The third kappa shape index (κ3) is 4.22. The number of aryl methyl sites for hydroxylation is 2. The summed E-state index contributed by atoms with van der Waals surface area (Å²) in [6.07, 6.45) is 5.34. The Morgan fingerprint density at radius 2 is 1.58 bits per heavy atom. The largest absolute Gasteiger partial charge is 0.337 e. The number of aromatic nitrogens is 4. The van der Waals surface area contributed by atoms with Crippen LogP contribution >= 0.6 is 0 Å². The van der Waals surface area contributed by atoms with Gasteiger partial charge in [-0.2, -0.15) is 5.10 Å². The van der Waals surface area contributed by atoms with Gasteiger partial charge in [0.05, 0.1) is 11.3 Å². The molecular weight excluding hydrogens is 412 g/mol. The summed E-state index contributed by atoms with van der Waals surface area (Å²) >= 11 is 0. The molecule has 0 spiro atoms. The number of rotatable bonds is 4. The standard InChI is InChI=1S/C26H26N6O/c1-19-9-10-21(17-20(19)2)24-23(18-32(29-24)22-7-4-3-5-8-22)25(33)30-13-15-31(16-14-30)26-27-11-6-12-28-26/h3-12,17-18H,13-16H2,1-2H3. The smallest absolute Gasteiger partial charge is 0.257 e. The third-order valence-corrected chi connectivity index (χ3v) is 6.15. The summed E-state index contributed by atoms with van der Waals surface area (Å²) in [5.74, 6) is 0.705. The fourth-order valence-electron chi connectivity index (χ4n) is 4.08. The summed E-state index contributed by atoms with van der Waals surface area (Å²) in [7, 11) is 0. The van der Waals surface area contributed by atoms with Gasteiger partial charge in [0.1, 0.15) is 5.69 Å². The molecule has 1 aliphatic rings. The van der Waals surface area contributed by atoms with Gasteiger partial charge in [-0.05, 0) is 49.2 Å². The number of amides is 1. The highest BCUT2D eigenvalue weighted by Gasteiger charge is 2.27. The molecular formula is C26H26N6O. The lowest BCUT2D eigenvalue weighted by Crippen LogP contribution is -2.49. The molecule has 1 saturated heterocycles. The van der Waals surface area contributed by atoms with Crippen molar-refractivity contribution in [3.05, 3.63) is 89.9 Å². The SMILES string of the molecule is Cc1ccc(-c2nn(-c3ccccc3)cc2C(=O)N2CCN(c3ncccn3)CC2)cc1C. The number of carbonyl (C=O) groups is 1. The molecule has 0 N–H and O–H groups in total. The van der Waals surface area contributed by atoms with Gasteiger partial charge in [0, 0.05) is 50.3 Å². The zero-order valence-corrected chi connectivity index (χ0v) is 18.8. The van der Waals surface area contributed by atoms with E-state index in [1.54, 1.807) is 17.1 Å². The summed E-state index contributed by atoms with van der Waals surface area (Å²) < 4.78 is 1.80. The van der Waals surface area contributed by atoms with E-state index in [2.05, 4.69) is 40.8 Å². The van der Waals surface area contributed by atoms with E-state index in [0.717, 1.165) is 11.3 Å². The molecule has 33 heavy (non-hydrogen) atoms. The molecule has 5 rings (SSSR count). The number of benzene rings is 2. The van der Waals surface area contributed by atoms with Crippen LogP contribution < -0.4 is 4.90 Å². The van der Waals surface area contributed by atoms with Gasteiger partial charge in [-0.1, -0.05) is 30.3 Å². The van der Waals surface area contributed by atoms with Crippen molar-refractivity contribution in [1.29, 1.82) is 0 Å². The minimum atomic E-state index is -0.000890. The van der Waals surface area contributed by atoms with E-state index in [-0.39, 0.29) is 5.91 Å². The van der Waals surface area contributed by atoms with Crippen molar-refractivity contribution < 1.29 is 4.79 Å². The van der Waals surface area contributed by atoms with Crippen LogP contribution in [-0.2, 0) is 0 Å². The average molecular weight is 439 g/mol. The van der Waals surface area contributed by atoms with Crippen molar-refractivity contribution in [3.63, 3.8) is 0 Å². The molecule has 0 unspecified atom stereocenters. The van der Waals surface area contributed by atoms with Crippen LogP contribution in [0.2, 0.25) is 0 Å². The predicted molar refractivity (Wildman–Crippen MR) is 129 cm³/mol. The van der Waals surface area contributed by atoms with Crippen LogP contribution in [0.5, 0.6) is 0 Å². The number of anilines is 1. The van der Waals surface area contributed by atoms with Gasteiger partial charge >= 0.3 is 0 Å². The lowest BCUT2D eigenvalue weighted by Gasteiger charge is -2.34. The summed E-state index contributed by atoms with van der Waals surface area (Å²) in [4.78, 5) is 26.3. The minimum absolute atomic E-state index is 0.000890. The highest BCUT2D eigenvalue weighted by molar-refractivity contribution is 6.00. The van der Waals surface area contributed by atoms with Gasteiger partial charge in [-0.3, -0.25) is 4.79 Å². The van der Waals surface area contributed by atoms with Crippen LogP contribution in [0.3, 0.4) is 0 Å². The zero-order chi connectivity index (χ0) is 22.8. The number of piperazine rings is 1. The molecule has 0 saturated carbocycles. The maximum absolute atomic E-state index is 13.7. The Morgan fingerprint density at radius 3 is 2.27 bits per heavy atom. The van der Waals surface area contributed by atoms with Crippen molar-refractivity contribution in [2.24, 2.45) is 0 Å². The monoisotopic (exact) mass is 438 g/mol. The number of nitrogens with zero attached hydrogens (tertiary/aromatic N) is 6. The van der Waals surface area contributed by atoms with Crippen LogP contribution in [0, 0.1) is 13.8 Å². The molecule has 7 heteroatoms. The Morgan fingerprint density at radius 1 is 0.848 bits per heavy atom. The highest BCUT2D eigenvalue weighted by Crippen LogP contribution is 2.27. The first-order valence-corrected chi connectivity index (χ1v) is 11.1. The van der Waals surface area contributed by atoms with Crippen LogP contribution in [0.25, 0.3) is 16.9 Å². The van der Waals surface area contributed by atoms with E-state index in [9.17, 15) is 4.79 Å². The summed E-state index contributed by atoms with van der Waals surface area (Å²) in [5, 5.41) is 4.84. The Balaban J connectivity index is 1.45. The third-order valence-electron chi connectivity index (χ3n) is 6.15. The Kier molecular flexibility index (Phi) is 5.60. The number of para-hydroxylation sites is 1. The van der Waals surface area contributed by atoms with Crippen LogP contribution in [0.15, 0.2) is 73.2 Å². The van der Waals surface area contributed by atoms with Crippen LogP contribution in [0.1, 0.15) is 21.5 Å². The minimum Gasteiger partial charge on any atom is -0.337 e. The molecule has 2 aromatic carbocycles. The van der Waals surface area contributed by atoms with Gasteiger partial charge < -0.3 is 9.80 Å². The van der Waals surface area contributed by atoms with Gasteiger partial charge in [0.2, 0.25) is 5.95 Å². The van der Waals surface area contributed by atoms with Crippen molar-refractivity contribution >= 4 is 11.9 Å². The van der Waals surface area contributed by atoms with E-state index < -0.39 is 0 Å². The number of hydrogen-bond acceptors (Lipinski definition) is 5. The quantitative estimate of drug-likeness (QED) is 0.483. The van der Waals surface area contributed by atoms with E-state index in [1.165, 1.54) is 11.1 Å². The fraction of sp³-hybridized carbons (Fsp3) is 0.231. The van der Waals surface area contributed by atoms with Gasteiger partial charge in [-0.15, -0.1) is 0 Å². The zero-order valence-electron chi connectivity index (χ0n) is 18.8. The first-order chi connectivity index (χ1) is 16.1. The molecule has 0 bridgehead atoms. The highest BCUT2D eigenvalue weighted by atomic mass is 16.2. The second kappa shape index (κ2) is 8.86. The van der Waals surface area contributed by atoms with Gasteiger partial charge in [0.25, 0.3) is 5.91 Å². The van der Waals surface area contributed by atoms with E-state index in [4.69, 9.17) is 5.10 Å². The fourth-order valence-corrected chi connectivity index (χ4v) is 4.08. The van der Waals surface area contributed by atoms with Gasteiger partial charge in [0.15, 0.2) is 0 Å². The molecule has 0 radical (unpaired) electrons. The van der Waals surface area contributed by atoms with Crippen LogP contribution in [-0.4, -0.2) is 56.7 Å². The van der Waals surface area contributed by atoms with E-state index >= 15 is 0 Å². The lowest BCUT2D eigenvalue weighted by molar-refractivity contribution is 0.0747. The summed E-state index contributed by atoms with van der Waals surface area (Å²) in [6, 6.07) is 17.9. The Bertz CT molecular complexity index is 1260.